The maximum Gasteiger partial charge on any atom is 0.305 e. The van der Waals surface area contributed by atoms with Gasteiger partial charge in [0.05, 0.1) is 14.2 Å². The van der Waals surface area contributed by atoms with Gasteiger partial charge in [-0.1, -0.05) is 212 Å². The van der Waals surface area contributed by atoms with Crippen LogP contribution in [0, 0.1) is 0 Å². The molecule has 0 heterocycles. The number of hydrogen-bond donors (Lipinski definition) is 0. The molecule has 0 atom stereocenters. The van der Waals surface area contributed by atoms with E-state index in [1.54, 1.807) is 0 Å². The molecule has 4 heteroatoms. The lowest BCUT2D eigenvalue weighted by Crippen LogP contribution is -1.99. The molecule has 0 spiro atoms. The monoisotopic (exact) mass is 747 g/mol. The van der Waals surface area contributed by atoms with E-state index in [1.165, 1.54) is 168 Å². The lowest BCUT2D eigenvalue weighted by Gasteiger charge is -2.03. The second-order valence-electron chi connectivity index (χ2n) is 14.2. The van der Waals surface area contributed by atoms with Crippen molar-refractivity contribution in [1.82, 2.24) is 0 Å². The van der Waals surface area contributed by atoms with E-state index in [0.29, 0.717) is 12.8 Å². The van der Waals surface area contributed by atoms with E-state index < -0.39 is 0 Å². The summed E-state index contributed by atoms with van der Waals surface area (Å²) in [6.07, 6.45) is 57.6. The quantitative estimate of drug-likeness (QED) is 0.0368. The highest BCUT2D eigenvalue weighted by molar-refractivity contribution is 5.69. The number of esters is 2. The van der Waals surface area contributed by atoms with Gasteiger partial charge in [0.1, 0.15) is 0 Å². The van der Waals surface area contributed by atoms with E-state index in [1.807, 2.05) is 0 Å². The van der Waals surface area contributed by atoms with E-state index in [-0.39, 0.29) is 19.4 Å². The zero-order valence-corrected chi connectivity index (χ0v) is 35.9. The molecule has 0 aromatic rings. The lowest BCUT2D eigenvalue weighted by molar-refractivity contribution is -0.141. The Bertz CT molecular complexity index is 794. The van der Waals surface area contributed by atoms with Crippen molar-refractivity contribution in [2.24, 2.45) is 0 Å². The Balaban J connectivity index is -0.000000358. The number of carbonyl (C=O) groups is 2. The number of allylic oxidation sites excluding steroid dienone is 8. The molecule has 0 bridgehead atoms. The number of ether oxygens (including phenoxy) is 2. The molecule has 0 unspecified atom stereocenters. The van der Waals surface area contributed by atoms with E-state index >= 15 is 0 Å². The largest absolute Gasteiger partial charge is 0.469 e. The molecule has 0 amide bonds. The van der Waals surface area contributed by atoms with Crippen molar-refractivity contribution in [3.63, 3.8) is 0 Å². The Labute approximate surface area is 333 Å². The number of rotatable bonds is 35. The molecular formula is C49H94O4. The SMILES string of the molecule is C.CCC=CCC=CCCC.CCCCC/C=C\C/C=C\CCCCCCCC(=O)OC.CCCCCCCCCCCCCCCCCC(=O)OC. The summed E-state index contributed by atoms with van der Waals surface area (Å²) in [6.45, 7) is 8.88. The first-order chi connectivity index (χ1) is 25.5. The molecule has 0 aromatic carbocycles. The smallest absolute Gasteiger partial charge is 0.305 e. The van der Waals surface area contributed by atoms with E-state index in [9.17, 15) is 9.59 Å². The molecule has 0 radical (unpaired) electrons. The molecule has 0 rings (SSSR count). The van der Waals surface area contributed by atoms with Crippen LogP contribution in [0.5, 0.6) is 0 Å². The molecule has 0 aliphatic rings. The first-order valence-electron chi connectivity index (χ1n) is 22.3. The molecule has 314 valence electrons. The Hall–Kier alpha value is -2.10. The van der Waals surface area contributed by atoms with Gasteiger partial charge in [-0.3, -0.25) is 9.59 Å². The van der Waals surface area contributed by atoms with Crippen molar-refractivity contribution in [2.45, 2.75) is 241 Å². The van der Waals surface area contributed by atoms with Crippen molar-refractivity contribution in [3.05, 3.63) is 48.6 Å². The number of unbranched alkanes of at least 4 members (excludes halogenated alkanes) is 23. The zero-order chi connectivity index (χ0) is 38.9. The van der Waals surface area contributed by atoms with Gasteiger partial charge in [-0.2, -0.15) is 0 Å². The van der Waals surface area contributed by atoms with Gasteiger partial charge in [-0.25, -0.2) is 0 Å². The van der Waals surface area contributed by atoms with Crippen LogP contribution < -0.4 is 0 Å². The first kappa shape index (κ1) is 57.6. The molecule has 0 saturated heterocycles. The highest BCUT2D eigenvalue weighted by Gasteiger charge is 2.00. The summed E-state index contributed by atoms with van der Waals surface area (Å²) in [4.78, 5) is 21.8. The average Bonchev–Trinajstić information content (AvgIpc) is 3.16. The molecule has 53 heavy (non-hydrogen) atoms. The minimum absolute atomic E-state index is 0. The van der Waals surface area contributed by atoms with Gasteiger partial charge >= 0.3 is 11.9 Å². The van der Waals surface area contributed by atoms with Crippen LogP contribution in [0.3, 0.4) is 0 Å². The fourth-order valence-corrected chi connectivity index (χ4v) is 5.65. The van der Waals surface area contributed by atoms with Crippen LogP contribution in [-0.4, -0.2) is 26.2 Å². The van der Waals surface area contributed by atoms with Crippen molar-refractivity contribution in [3.8, 4) is 0 Å². The summed E-state index contributed by atoms with van der Waals surface area (Å²) in [5.74, 6) is -0.148. The zero-order valence-electron chi connectivity index (χ0n) is 35.9. The molecule has 0 fully saturated rings. The van der Waals surface area contributed by atoms with Crippen molar-refractivity contribution in [2.75, 3.05) is 14.2 Å². The number of carbonyl (C=O) groups excluding carboxylic acids is 2. The third-order valence-electron chi connectivity index (χ3n) is 9.07. The Kier molecular flexibility index (Phi) is 61.6. The van der Waals surface area contributed by atoms with Crippen molar-refractivity contribution >= 4 is 11.9 Å². The normalized spacial score (nSPS) is 11.1. The summed E-state index contributed by atoms with van der Waals surface area (Å²) >= 11 is 0. The van der Waals surface area contributed by atoms with Crippen molar-refractivity contribution in [1.29, 1.82) is 0 Å². The average molecular weight is 747 g/mol. The van der Waals surface area contributed by atoms with E-state index in [0.717, 1.165) is 38.5 Å². The van der Waals surface area contributed by atoms with Gasteiger partial charge in [0.25, 0.3) is 0 Å². The molecule has 0 N–H and O–H groups in total. The highest BCUT2D eigenvalue weighted by atomic mass is 16.5. The maximum absolute atomic E-state index is 10.9. The molecular weight excluding hydrogens is 653 g/mol. The van der Waals surface area contributed by atoms with Gasteiger partial charge in [0.2, 0.25) is 0 Å². The molecule has 0 aliphatic carbocycles. The lowest BCUT2D eigenvalue weighted by atomic mass is 10.0. The van der Waals surface area contributed by atoms with Gasteiger partial charge in [0, 0.05) is 12.8 Å². The minimum Gasteiger partial charge on any atom is -0.469 e. The molecule has 0 aliphatic heterocycles. The van der Waals surface area contributed by atoms with Crippen LogP contribution in [-0.2, 0) is 19.1 Å². The third-order valence-corrected chi connectivity index (χ3v) is 9.07. The Morgan fingerprint density at radius 3 is 1.02 bits per heavy atom. The second-order valence-corrected chi connectivity index (χ2v) is 14.2. The predicted octanol–water partition coefficient (Wildman–Crippen LogP) is 16.7. The summed E-state index contributed by atoms with van der Waals surface area (Å²) in [7, 11) is 2.92. The van der Waals surface area contributed by atoms with Gasteiger partial charge in [-0.15, -0.1) is 0 Å². The minimum atomic E-state index is -0.0827. The topological polar surface area (TPSA) is 52.6 Å². The summed E-state index contributed by atoms with van der Waals surface area (Å²) in [5, 5.41) is 0. The number of hydrogen-bond acceptors (Lipinski definition) is 4. The standard InChI is InChI=1S/C19H38O2.C19H34O2.C10H18.CH4/c2*1-3-4-5-6-7-8-9-10-11-12-13-14-15-16-17-18-19(20)21-2;1-3-5-7-9-10-8-6-4-2;/h3-18H2,1-2H3;7-8,10-11H,3-6,9,12-18H2,1-2H3;5,7-8,10H,3-4,6,9H2,1-2H3;1H4/b;8-7-,11-10-;;. The fourth-order valence-electron chi connectivity index (χ4n) is 5.65. The van der Waals surface area contributed by atoms with Gasteiger partial charge in [0.15, 0.2) is 0 Å². The first-order valence-corrected chi connectivity index (χ1v) is 22.3. The Morgan fingerprint density at radius 2 is 0.660 bits per heavy atom. The van der Waals surface area contributed by atoms with Crippen LogP contribution in [0.4, 0.5) is 0 Å². The van der Waals surface area contributed by atoms with Crippen LogP contribution in [0.2, 0.25) is 0 Å². The maximum atomic E-state index is 10.9. The fraction of sp³-hybridized carbons (Fsp3) is 0.796. The molecule has 4 nitrogen and oxygen atoms in total. The molecule has 0 saturated carbocycles. The van der Waals surface area contributed by atoms with Gasteiger partial charge in [-0.05, 0) is 64.2 Å². The van der Waals surface area contributed by atoms with Crippen LogP contribution in [0.25, 0.3) is 0 Å². The van der Waals surface area contributed by atoms with Crippen LogP contribution in [0.1, 0.15) is 241 Å². The van der Waals surface area contributed by atoms with E-state index in [2.05, 4.69) is 85.8 Å². The van der Waals surface area contributed by atoms with Crippen LogP contribution in [0.15, 0.2) is 48.6 Å². The third kappa shape index (κ3) is 62.2. The van der Waals surface area contributed by atoms with E-state index in [4.69, 9.17) is 0 Å². The highest BCUT2D eigenvalue weighted by Crippen LogP contribution is 2.14. The summed E-state index contributed by atoms with van der Waals surface area (Å²) < 4.78 is 9.25. The molecule has 0 aromatic heterocycles. The van der Waals surface area contributed by atoms with Crippen LogP contribution >= 0.6 is 0 Å². The summed E-state index contributed by atoms with van der Waals surface area (Å²) in [5.41, 5.74) is 0. The predicted molar refractivity (Wildman–Crippen MR) is 238 cm³/mol. The van der Waals surface area contributed by atoms with Crippen molar-refractivity contribution < 1.29 is 19.1 Å². The Morgan fingerprint density at radius 1 is 0.358 bits per heavy atom. The number of methoxy groups -OCH3 is 2. The second kappa shape index (κ2) is 56.6. The summed E-state index contributed by atoms with van der Waals surface area (Å²) in [6, 6.07) is 0. The van der Waals surface area contributed by atoms with Gasteiger partial charge < -0.3 is 9.47 Å².